The number of nitrogens with zero attached hydrogens (tertiary/aromatic N) is 1. The van der Waals surface area contributed by atoms with Crippen molar-refractivity contribution < 1.29 is 0 Å². The maximum absolute atomic E-state index is 5.68. The van der Waals surface area contributed by atoms with Crippen molar-refractivity contribution in [3.63, 3.8) is 0 Å². The average Bonchev–Trinajstić information content (AvgIpc) is 2.15. The van der Waals surface area contributed by atoms with Crippen LogP contribution in [0.3, 0.4) is 0 Å². The summed E-state index contributed by atoms with van der Waals surface area (Å²) in [5, 5.41) is 0. The summed E-state index contributed by atoms with van der Waals surface area (Å²) in [5.74, 6) is 0. The summed E-state index contributed by atoms with van der Waals surface area (Å²) in [7, 11) is 4.14. The van der Waals surface area contributed by atoms with E-state index in [4.69, 9.17) is 5.73 Å². The number of nitrogens with two attached hydrogens (primary N) is 1. The molecule has 2 N–H and O–H groups in total. The minimum atomic E-state index is 0. The van der Waals surface area contributed by atoms with E-state index in [-0.39, 0.29) is 24.8 Å². The summed E-state index contributed by atoms with van der Waals surface area (Å²) in [6.07, 6.45) is 1.03. The zero-order chi connectivity index (χ0) is 9.68. The highest BCUT2D eigenvalue weighted by molar-refractivity contribution is 5.85. The van der Waals surface area contributed by atoms with Crippen molar-refractivity contribution in [2.75, 3.05) is 20.6 Å². The lowest BCUT2D eigenvalue weighted by atomic mass is 10.1. The van der Waals surface area contributed by atoms with Gasteiger partial charge in [0.1, 0.15) is 0 Å². The van der Waals surface area contributed by atoms with Crippen molar-refractivity contribution in [3.8, 4) is 0 Å². The third-order valence-electron chi connectivity index (χ3n) is 2.32. The van der Waals surface area contributed by atoms with E-state index < -0.39 is 0 Å². The topological polar surface area (TPSA) is 29.3 Å². The molecule has 4 heteroatoms. The minimum Gasteiger partial charge on any atom is -0.329 e. The van der Waals surface area contributed by atoms with Gasteiger partial charge in [-0.2, -0.15) is 0 Å². The molecule has 0 amide bonds. The lowest BCUT2D eigenvalue weighted by molar-refractivity contribution is 0.298. The van der Waals surface area contributed by atoms with Crippen LogP contribution in [0.2, 0.25) is 0 Å². The lowest BCUT2D eigenvalue weighted by Crippen LogP contribution is -2.36. The molecule has 0 aliphatic heterocycles. The molecule has 2 nitrogen and oxygen atoms in total. The van der Waals surface area contributed by atoms with Crippen LogP contribution in [0.4, 0.5) is 0 Å². The van der Waals surface area contributed by atoms with Gasteiger partial charge in [0.15, 0.2) is 0 Å². The molecular formula is C11H20Cl2N2. The largest absolute Gasteiger partial charge is 0.329 e. The van der Waals surface area contributed by atoms with Gasteiger partial charge in [-0.15, -0.1) is 24.8 Å². The molecule has 0 radical (unpaired) electrons. The monoisotopic (exact) mass is 250 g/mol. The predicted octanol–water partition coefficient (Wildman–Crippen LogP) is 1.96. The van der Waals surface area contributed by atoms with E-state index in [1.165, 1.54) is 5.56 Å². The van der Waals surface area contributed by atoms with Crippen LogP contribution >= 0.6 is 24.8 Å². The molecule has 0 fully saturated rings. The van der Waals surface area contributed by atoms with Crippen LogP contribution < -0.4 is 5.73 Å². The maximum atomic E-state index is 5.68. The fraction of sp³-hybridized carbons (Fsp3) is 0.455. The molecule has 1 rings (SSSR count). The fourth-order valence-corrected chi connectivity index (χ4v) is 1.36. The predicted molar refractivity (Wildman–Crippen MR) is 71.2 cm³/mol. The molecule has 0 unspecified atom stereocenters. The van der Waals surface area contributed by atoms with Crippen LogP contribution in [0.15, 0.2) is 30.3 Å². The highest BCUT2D eigenvalue weighted by atomic mass is 35.5. The first-order valence-electron chi connectivity index (χ1n) is 4.64. The highest BCUT2D eigenvalue weighted by Gasteiger charge is 2.08. The zero-order valence-electron chi connectivity index (χ0n) is 9.22. The fourth-order valence-electron chi connectivity index (χ4n) is 1.36. The molecule has 0 spiro atoms. The third kappa shape index (κ3) is 6.00. The van der Waals surface area contributed by atoms with Gasteiger partial charge in [-0.05, 0) is 26.1 Å². The van der Waals surface area contributed by atoms with Crippen molar-refractivity contribution >= 4 is 24.8 Å². The Morgan fingerprint density at radius 1 is 1.13 bits per heavy atom. The molecule has 1 atom stereocenters. The van der Waals surface area contributed by atoms with E-state index in [9.17, 15) is 0 Å². The van der Waals surface area contributed by atoms with Crippen molar-refractivity contribution in [2.24, 2.45) is 5.73 Å². The second kappa shape index (κ2) is 8.98. The van der Waals surface area contributed by atoms with Crippen LogP contribution in [-0.2, 0) is 6.42 Å². The molecule has 0 bridgehead atoms. The Bertz CT molecular complexity index is 240. The van der Waals surface area contributed by atoms with Gasteiger partial charge in [0.05, 0.1) is 0 Å². The molecular weight excluding hydrogens is 231 g/mol. The van der Waals surface area contributed by atoms with E-state index >= 15 is 0 Å². The standard InChI is InChI=1S/C11H18N2.2ClH/c1-13(2)11(9-12)8-10-6-4-3-5-7-10;;/h3-7,11H,8-9,12H2,1-2H3;2*1H/t11-;;/m1../s1. The molecule has 88 valence electrons. The summed E-state index contributed by atoms with van der Waals surface area (Å²) in [6.45, 7) is 0.710. The van der Waals surface area contributed by atoms with E-state index in [1.807, 2.05) is 6.07 Å². The summed E-state index contributed by atoms with van der Waals surface area (Å²) in [6, 6.07) is 10.9. The van der Waals surface area contributed by atoms with E-state index in [0.29, 0.717) is 12.6 Å². The number of hydrogen-bond donors (Lipinski definition) is 1. The number of halogens is 2. The number of rotatable bonds is 4. The molecule has 0 saturated carbocycles. The van der Waals surface area contributed by atoms with Crippen molar-refractivity contribution in [1.29, 1.82) is 0 Å². The minimum absolute atomic E-state index is 0. The SMILES string of the molecule is CN(C)[C@@H](CN)Cc1ccccc1.Cl.Cl. The van der Waals surface area contributed by atoms with Crippen LogP contribution in [0, 0.1) is 0 Å². The summed E-state index contributed by atoms with van der Waals surface area (Å²) >= 11 is 0. The van der Waals surface area contributed by atoms with Gasteiger partial charge >= 0.3 is 0 Å². The first kappa shape index (κ1) is 17.1. The molecule has 0 aliphatic carbocycles. The van der Waals surface area contributed by atoms with Crippen molar-refractivity contribution in [3.05, 3.63) is 35.9 Å². The van der Waals surface area contributed by atoms with E-state index in [0.717, 1.165) is 6.42 Å². The van der Waals surface area contributed by atoms with Gasteiger partial charge in [0, 0.05) is 12.6 Å². The average molecular weight is 251 g/mol. The number of hydrogen-bond acceptors (Lipinski definition) is 2. The maximum Gasteiger partial charge on any atom is 0.0252 e. The van der Waals surface area contributed by atoms with E-state index in [2.05, 4.69) is 43.3 Å². The van der Waals surface area contributed by atoms with Gasteiger partial charge in [0.25, 0.3) is 0 Å². The van der Waals surface area contributed by atoms with Crippen molar-refractivity contribution in [1.82, 2.24) is 4.90 Å². The summed E-state index contributed by atoms with van der Waals surface area (Å²) in [5.41, 5.74) is 7.03. The second-order valence-electron chi connectivity index (χ2n) is 3.54. The summed E-state index contributed by atoms with van der Waals surface area (Å²) in [4.78, 5) is 2.17. The molecule has 0 aromatic heterocycles. The van der Waals surface area contributed by atoms with E-state index in [1.54, 1.807) is 0 Å². The molecule has 1 aromatic carbocycles. The Balaban J connectivity index is 0. The number of benzene rings is 1. The Kier molecular flexibility index (Phi) is 10.3. The Labute approximate surface area is 105 Å². The lowest BCUT2D eigenvalue weighted by Gasteiger charge is -2.22. The molecule has 15 heavy (non-hydrogen) atoms. The Morgan fingerprint density at radius 3 is 2.07 bits per heavy atom. The zero-order valence-corrected chi connectivity index (χ0v) is 10.9. The molecule has 0 heterocycles. The molecule has 1 aromatic rings. The first-order valence-corrected chi connectivity index (χ1v) is 4.64. The van der Waals surface area contributed by atoms with Crippen molar-refractivity contribution in [2.45, 2.75) is 12.5 Å². The van der Waals surface area contributed by atoms with Gasteiger partial charge in [0.2, 0.25) is 0 Å². The van der Waals surface area contributed by atoms with Gasteiger partial charge < -0.3 is 10.6 Å². The Morgan fingerprint density at radius 2 is 1.67 bits per heavy atom. The Hall–Kier alpha value is -0.280. The van der Waals surface area contributed by atoms with Gasteiger partial charge in [-0.3, -0.25) is 0 Å². The van der Waals surface area contributed by atoms with Gasteiger partial charge in [-0.1, -0.05) is 30.3 Å². The van der Waals surface area contributed by atoms with Gasteiger partial charge in [-0.25, -0.2) is 0 Å². The first-order chi connectivity index (χ1) is 6.24. The van der Waals surface area contributed by atoms with Crippen LogP contribution in [0.25, 0.3) is 0 Å². The quantitative estimate of drug-likeness (QED) is 0.886. The van der Waals surface area contributed by atoms with Crippen LogP contribution in [0.1, 0.15) is 5.56 Å². The molecule has 0 aliphatic rings. The smallest absolute Gasteiger partial charge is 0.0252 e. The number of likely N-dealkylation sites (N-methyl/N-ethyl adjacent to an activating group) is 1. The second-order valence-corrected chi connectivity index (χ2v) is 3.54. The highest BCUT2D eigenvalue weighted by Crippen LogP contribution is 2.05. The molecule has 0 saturated heterocycles. The van der Waals surface area contributed by atoms with Crippen LogP contribution in [0.5, 0.6) is 0 Å². The normalized spacial score (nSPS) is 11.5. The van der Waals surface area contributed by atoms with Crippen LogP contribution in [-0.4, -0.2) is 31.6 Å². The third-order valence-corrected chi connectivity index (χ3v) is 2.32. The summed E-state index contributed by atoms with van der Waals surface area (Å²) < 4.78 is 0.